The largest absolute Gasteiger partial charge is 0.394 e. The van der Waals surface area contributed by atoms with E-state index in [4.69, 9.17) is 17.5 Å². The highest BCUT2D eigenvalue weighted by atomic mass is 32.3. The van der Waals surface area contributed by atoms with Crippen molar-refractivity contribution < 1.29 is 27.1 Å². The molecule has 0 aromatic rings. The molecule has 1 atom stereocenters. The highest BCUT2D eigenvalue weighted by Gasteiger charge is 2.06. The topological polar surface area (TPSA) is 133 Å². The van der Waals surface area contributed by atoms with Crippen molar-refractivity contribution in [1.82, 2.24) is 10.6 Å². The molecule has 4 N–H and O–H groups in total. The standard InChI is InChI=1S/C8H16N2O2S.H2O4S/c1-6(11)9-4-3-8(5-13)10-7(2)12;1-5(2,3)4/h8,13H,3-5H2,1-2H3,(H,9,11)(H,10,12);(H2,1,2,3,4). The van der Waals surface area contributed by atoms with Crippen LogP contribution in [-0.2, 0) is 20.0 Å². The van der Waals surface area contributed by atoms with E-state index < -0.39 is 10.4 Å². The average Bonchev–Trinajstić information content (AvgIpc) is 2.12. The van der Waals surface area contributed by atoms with Crippen LogP contribution in [0.25, 0.3) is 0 Å². The molecule has 0 saturated carbocycles. The first-order valence-electron chi connectivity index (χ1n) is 4.88. The van der Waals surface area contributed by atoms with E-state index in [2.05, 4.69) is 23.3 Å². The molecule has 0 saturated heterocycles. The van der Waals surface area contributed by atoms with Crippen LogP contribution in [0, 0.1) is 0 Å². The van der Waals surface area contributed by atoms with Gasteiger partial charge in [0.2, 0.25) is 11.8 Å². The van der Waals surface area contributed by atoms with Gasteiger partial charge in [-0.2, -0.15) is 21.0 Å². The van der Waals surface area contributed by atoms with Gasteiger partial charge in [0, 0.05) is 32.2 Å². The zero-order valence-corrected chi connectivity index (χ0v) is 11.8. The maximum atomic E-state index is 10.7. The first-order chi connectivity index (χ1) is 8.06. The van der Waals surface area contributed by atoms with E-state index in [0.29, 0.717) is 18.7 Å². The van der Waals surface area contributed by atoms with Crippen molar-refractivity contribution in [2.75, 3.05) is 12.3 Å². The summed E-state index contributed by atoms with van der Waals surface area (Å²) < 4.78 is 31.6. The lowest BCUT2D eigenvalue weighted by Gasteiger charge is -2.14. The fraction of sp³-hybridized carbons (Fsp3) is 0.750. The zero-order valence-electron chi connectivity index (χ0n) is 10.1. The minimum atomic E-state index is -4.67. The fourth-order valence-electron chi connectivity index (χ4n) is 0.919. The molecule has 10 heteroatoms. The third-order valence-corrected chi connectivity index (χ3v) is 1.94. The molecular formula is C8H18N2O6S2. The lowest BCUT2D eigenvalue weighted by Crippen LogP contribution is -2.37. The lowest BCUT2D eigenvalue weighted by atomic mass is 10.2. The van der Waals surface area contributed by atoms with Gasteiger partial charge in [0.1, 0.15) is 0 Å². The molecular weight excluding hydrogens is 284 g/mol. The summed E-state index contributed by atoms with van der Waals surface area (Å²) in [5.41, 5.74) is 0. The van der Waals surface area contributed by atoms with Crippen molar-refractivity contribution in [3.8, 4) is 0 Å². The van der Waals surface area contributed by atoms with Crippen LogP contribution in [0.2, 0.25) is 0 Å². The molecule has 0 radical (unpaired) electrons. The predicted molar refractivity (Wildman–Crippen MR) is 68.9 cm³/mol. The van der Waals surface area contributed by atoms with Crippen molar-refractivity contribution in [2.45, 2.75) is 26.3 Å². The second kappa shape index (κ2) is 10.1. The molecule has 2 amide bonds. The van der Waals surface area contributed by atoms with Gasteiger partial charge < -0.3 is 10.6 Å². The van der Waals surface area contributed by atoms with Gasteiger partial charge in [0.15, 0.2) is 0 Å². The smallest absolute Gasteiger partial charge is 0.356 e. The Morgan fingerprint density at radius 3 is 1.94 bits per heavy atom. The van der Waals surface area contributed by atoms with Gasteiger partial charge in [-0.15, -0.1) is 0 Å². The Balaban J connectivity index is 0. The molecule has 0 aliphatic heterocycles. The zero-order chi connectivity index (χ0) is 14.8. The Morgan fingerprint density at radius 2 is 1.67 bits per heavy atom. The Hall–Kier alpha value is -0.840. The number of hydrogen-bond donors (Lipinski definition) is 5. The quantitative estimate of drug-likeness (QED) is 0.337. The maximum Gasteiger partial charge on any atom is 0.394 e. The molecule has 108 valence electrons. The van der Waals surface area contributed by atoms with Crippen molar-refractivity contribution in [1.29, 1.82) is 0 Å². The molecule has 0 aliphatic carbocycles. The molecule has 0 heterocycles. The molecule has 0 rings (SSSR count). The van der Waals surface area contributed by atoms with Gasteiger partial charge in [0.05, 0.1) is 0 Å². The SMILES string of the molecule is CC(=O)NCCC(CS)NC(C)=O.O=S(=O)(O)O. The number of nitrogens with one attached hydrogen (secondary N) is 2. The highest BCUT2D eigenvalue weighted by Crippen LogP contribution is 1.93. The highest BCUT2D eigenvalue weighted by molar-refractivity contribution is 7.80. The summed E-state index contributed by atoms with van der Waals surface area (Å²) >= 11 is 4.09. The second-order valence-electron chi connectivity index (χ2n) is 3.30. The summed E-state index contributed by atoms with van der Waals surface area (Å²) in [5, 5.41) is 5.40. The molecule has 18 heavy (non-hydrogen) atoms. The first kappa shape index (κ1) is 19.5. The van der Waals surface area contributed by atoms with Crippen LogP contribution < -0.4 is 10.6 Å². The molecule has 0 aliphatic rings. The number of hydrogen-bond acceptors (Lipinski definition) is 5. The number of carbonyl (C=O) groups is 2. The predicted octanol–water partition coefficient (Wildman–Crippen LogP) is -0.706. The van der Waals surface area contributed by atoms with E-state index in [9.17, 15) is 9.59 Å². The van der Waals surface area contributed by atoms with Crippen LogP contribution in [0.3, 0.4) is 0 Å². The molecule has 0 aromatic carbocycles. The first-order valence-corrected chi connectivity index (χ1v) is 6.91. The molecule has 0 aromatic heterocycles. The Kier molecular flexibility index (Phi) is 11.0. The van der Waals surface area contributed by atoms with Gasteiger partial charge in [-0.05, 0) is 6.42 Å². The van der Waals surface area contributed by atoms with Crippen LogP contribution in [-0.4, -0.2) is 47.7 Å². The molecule has 0 spiro atoms. The third kappa shape index (κ3) is 24.4. The van der Waals surface area contributed by atoms with Crippen LogP contribution in [0.15, 0.2) is 0 Å². The molecule has 0 bridgehead atoms. The monoisotopic (exact) mass is 302 g/mol. The summed E-state index contributed by atoms with van der Waals surface area (Å²) in [6.07, 6.45) is 0.711. The van der Waals surface area contributed by atoms with Gasteiger partial charge in [-0.1, -0.05) is 0 Å². The summed E-state index contributed by atoms with van der Waals surface area (Å²) in [5.74, 6) is 0.460. The van der Waals surface area contributed by atoms with Crippen LogP contribution in [0.4, 0.5) is 0 Å². The maximum absolute atomic E-state index is 10.7. The van der Waals surface area contributed by atoms with E-state index in [0.717, 1.165) is 0 Å². The normalized spacial score (nSPS) is 11.8. The van der Waals surface area contributed by atoms with E-state index in [1.54, 1.807) is 0 Å². The van der Waals surface area contributed by atoms with E-state index in [1.165, 1.54) is 13.8 Å². The number of amides is 2. The van der Waals surface area contributed by atoms with Crippen molar-refractivity contribution in [3.05, 3.63) is 0 Å². The Labute approximate surface area is 112 Å². The lowest BCUT2D eigenvalue weighted by molar-refractivity contribution is -0.119. The molecule has 0 fully saturated rings. The van der Waals surface area contributed by atoms with Crippen molar-refractivity contribution in [3.63, 3.8) is 0 Å². The summed E-state index contributed by atoms with van der Waals surface area (Å²) in [6.45, 7) is 3.50. The van der Waals surface area contributed by atoms with E-state index in [-0.39, 0.29) is 17.9 Å². The summed E-state index contributed by atoms with van der Waals surface area (Å²) in [7, 11) is -4.67. The average molecular weight is 302 g/mol. The summed E-state index contributed by atoms with van der Waals surface area (Å²) in [6, 6.07) is 0.0349. The van der Waals surface area contributed by atoms with E-state index in [1.807, 2.05) is 0 Å². The van der Waals surface area contributed by atoms with Crippen molar-refractivity contribution in [2.24, 2.45) is 0 Å². The number of carbonyl (C=O) groups excluding carboxylic acids is 2. The number of rotatable bonds is 5. The Bertz CT molecular complexity index is 349. The van der Waals surface area contributed by atoms with Gasteiger partial charge in [-0.3, -0.25) is 18.7 Å². The minimum absolute atomic E-state index is 0.0349. The van der Waals surface area contributed by atoms with Gasteiger partial charge in [0.25, 0.3) is 0 Å². The third-order valence-electron chi connectivity index (χ3n) is 1.49. The van der Waals surface area contributed by atoms with Crippen LogP contribution in [0.1, 0.15) is 20.3 Å². The van der Waals surface area contributed by atoms with Crippen LogP contribution in [0.5, 0.6) is 0 Å². The van der Waals surface area contributed by atoms with Gasteiger partial charge in [-0.25, -0.2) is 0 Å². The van der Waals surface area contributed by atoms with Crippen molar-refractivity contribution >= 4 is 34.8 Å². The second-order valence-corrected chi connectivity index (χ2v) is 4.56. The minimum Gasteiger partial charge on any atom is -0.356 e. The molecule has 1 unspecified atom stereocenters. The fourth-order valence-corrected chi connectivity index (χ4v) is 1.19. The molecule has 8 nitrogen and oxygen atoms in total. The van der Waals surface area contributed by atoms with Gasteiger partial charge >= 0.3 is 10.4 Å². The number of thiol groups is 1. The van der Waals surface area contributed by atoms with E-state index >= 15 is 0 Å². The Morgan fingerprint density at radius 1 is 1.22 bits per heavy atom. The van der Waals surface area contributed by atoms with Crippen LogP contribution >= 0.6 is 12.6 Å². The summed E-state index contributed by atoms with van der Waals surface area (Å²) in [4.78, 5) is 21.2.